The second kappa shape index (κ2) is 8.52. The van der Waals surface area contributed by atoms with Crippen molar-refractivity contribution in [1.82, 2.24) is 20.2 Å². The third kappa shape index (κ3) is 4.02. The Hall–Kier alpha value is -2.07. The molecule has 9 heteroatoms. The summed E-state index contributed by atoms with van der Waals surface area (Å²) in [6.45, 7) is 4.45. The molecule has 2 aliphatic rings. The molecule has 1 aromatic rings. The predicted octanol–water partition coefficient (Wildman–Crippen LogP) is 0.989. The van der Waals surface area contributed by atoms with Crippen molar-refractivity contribution in [3.05, 3.63) is 29.1 Å². The molecule has 0 aliphatic carbocycles. The molecule has 0 radical (unpaired) electrons. The number of hydrogen-bond acceptors (Lipinski definition) is 7. The summed E-state index contributed by atoms with van der Waals surface area (Å²) in [6, 6.07) is 1.99. The highest BCUT2D eigenvalue weighted by Gasteiger charge is 2.38. The van der Waals surface area contributed by atoms with Gasteiger partial charge in [0.1, 0.15) is 11.9 Å². The third-order valence-electron chi connectivity index (χ3n) is 5.65. The molecule has 1 amide bonds. The molecule has 2 heterocycles. The van der Waals surface area contributed by atoms with Crippen molar-refractivity contribution in [2.45, 2.75) is 32.0 Å². The van der Waals surface area contributed by atoms with Crippen LogP contribution in [-0.4, -0.2) is 80.0 Å². The predicted molar refractivity (Wildman–Crippen MR) is 103 cm³/mol. The summed E-state index contributed by atoms with van der Waals surface area (Å²) in [7, 11) is 5.09. The SMILES string of the molecule is COC(=O)c1cc(F)cc(C)c1NC(=O)C1CCC(N2CCNC2)N(C)N1C. The fraction of sp³-hybridized carbons (Fsp3) is 0.579. The molecule has 2 fully saturated rings. The molecule has 0 aromatic heterocycles. The van der Waals surface area contributed by atoms with Crippen LogP contribution in [0.15, 0.2) is 12.1 Å². The van der Waals surface area contributed by atoms with Gasteiger partial charge in [0.15, 0.2) is 0 Å². The van der Waals surface area contributed by atoms with E-state index in [1.165, 1.54) is 13.2 Å². The van der Waals surface area contributed by atoms with Crippen LogP contribution in [0, 0.1) is 12.7 Å². The van der Waals surface area contributed by atoms with E-state index in [0.717, 1.165) is 32.2 Å². The van der Waals surface area contributed by atoms with E-state index in [4.69, 9.17) is 4.74 Å². The van der Waals surface area contributed by atoms with E-state index in [0.29, 0.717) is 17.7 Å². The van der Waals surface area contributed by atoms with Gasteiger partial charge < -0.3 is 15.4 Å². The first-order valence-electron chi connectivity index (χ1n) is 9.43. The Kier molecular flexibility index (Phi) is 6.29. The number of rotatable bonds is 4. The molecular weight excluding hydrogens is 365 g/mol. The fourth-order valence-electron chi connectivity index (χ4n) is 4.00. The standard InChI is InChI=1S/C19H28FN5O3/c1-12-9-13(20)10-14(19(27)28-4)17(12)22-18(26)15-5-6-16(24(3)23(15)2)25-8-7-21-11-25/h9-10,15-16,21H,5-8,11H2,1-4H3,(H,22,26). The summed E-state index contributed by atoms with van der Waals surface area (Å²) >= 11 is 0. The number of carbonyl (C=O) groups excluding carboxylic acids is 2. The first-order chi connectivity index (χ1) is 13.3. The second-order valence-electron chi connectivity index (χ2n) is 7.32. The van der Waals surface area contributed by atoms with E-state index in [2.05, 4.69) is 20.5 Å². The minimum absolute atomic E-state index is 0.0150. The van der Waals surface area contributed by atoms with E-state index in [1.807, 2.05) is 19.1 Å². The average molecular weight is 393 g/mol. The van der Waals surface area contributed by atoms with Crippen LogP contribution in [0.1, 0.15) is 28.8 Å². The van der Waals surface area contributed by atoms with Gasteiger partial charge in [-0.25, -0.2) is 19.2 Å². The minimum atomic E-state index is -0.686. The maximum atomic E-state index is 13.8. The molecule has 2 unspecified atom stereocenters. The van der Waals surface area contributed by atoms with Crippen LogP contribution < -0.4 is 10.6 Å². The molecule has 28 heavy (non-hydrogen) atoms. The van der Waals surface area contributed by atoms with Crippen LogP contribution >= 0.6 is 0 Å². The molecule has 0 spiro atoms. The molecule has 8 nitrogen and oxygen atoms in total. The van der Waals surface area contributed by atoms with Gasteiger partial charge >= 0.3 is 5.97 Å². The highest BCUT2D eigenvalue weighted by Crippen LogP contribution is 2.27. The topological polar surface area (TPSA) is 77.1 Å². The second-order valence-corrected chi connectivity index (χ2v) is 7.32. The molecule has 1 aromatic carbocycles. The third-order valence-corrected chi connectivity index (χ3v) is 5.65. The lowest BCUT2D eigenvalue weighted by Crippen LogP contribution is -2.61. The van der Waals surface area contributed by atoms with E-state index >= 15 is 0 Å². The Morgan fingerprint density at radius 2 is 2.00 bits per heavy atom. The van der Waals surface area contributed by atoms with Gasteiger partial charge in [-0.15, -0.1) is 0 Å². The van der Waals surface area contributed by atoms with Gasteiger partial charge in [-0.3, -0.25) is 9.69 Å². The molecule has 2 aliphatic heterocycles. The summed E-state index contributed by atoms with van der Waals surface area (Å²) in [5, 5.41) is 10.2. The van der Waals surface area contributed by atoms with Gasteiger partial charge in [0, 0.05) is 33.9 Å². The molecule has 2 saturated heterocycles. The lowest BCUT2D eigenvalue weighted by Gasteiger charge is -2.47. The Balaban J connectivity index is 1.76. The molecule has 2 N–H and O–H groups in total. The molecular formula is C19H28FN5O3. The first kappa shape index (κ1) is 20.7. The highest BCUT2D eigenvalue weighted by molar-refractivity contribution is 6.03. The van der Waals surface area contributed by atoms with Gasteiger partial charge in [0.2, 0.25) is 5.91 Å². The number of halogens is 1. The largest absolute Gasteiger partial charge is 0.465 e. The number of esters is 1. The van der Waals surface area contributed by atoms with Crippen molar-refractivity contribution in [3.8, 4) is 0 Å². The monoisotopic (exact) mass is 393 g/mol. The fourth-order valence-corrected chi connectivity index (χ4v) is 4.00. The normalized spacial score (nSPS) is 24.3. The number of amides is 1. The number of nitrogens with zero attached hydrogens (tertiary/aromatic N) is 3. The number of benzene rings is 1. The molecule has 3 rings (SSSR count). The number of ether oxygens (including phenoxy) is 1. The molecule has 154 valence electrons. The zero-order chi connectivity index (χ0) is 20.4. The summed E-state index contributed by atoms with van der Waals surface area (Å²) in [6.07, 6.45) is 1.77. The zero-order valence-corrected chi connectivity index (χ0v) is 16.8. The number of methoxy groups -OCH3 is 1. The van der Waals surface area contributed by atoms with Crippen LogP contribution in [0.3, 0.4) is 0 Å². The maximum absolute atomic E-state index is 13.8. The van der Waals surface area contributed by atoms with Crippen LogP contribution in [-0.2, 0) is 9.53 Å². The van der Waals surface area contributed by atoms with Crippen LogP contribution in [0.5, 0.6) is 0 Å². The van der Waals surface area contributed by atoms with Crippen LogP contribution in [0.2, 0.25) is 0 Å². The number of carbonyl (C=O) groups is 2. The van der Waals surface area contributed by atoms with E-state index in [-0.39, 0.29) is 23.7 Å². The maximum Gasteiger partial charge on any atom is 0.340 e. The lowest BCUT2D eigenvalue weighted by molar-refractivity contribution is -0.152. The number of hydrogen-bond donors (Lipinski definition) is 2. The molecule has 2 atom stereocenters. The van der Waals surface area contributed by atoms with Crippen LogP contribution in [0.4, 0.5) is 10.1 Å². The van der Waals surface area contributed by atoms with Crippen molar-refractivity contribution in [3.63, 3.8) is 0 Å². The van der Waals surface area contributed by atoms with E-state index < -0.39 is 11.8 Å². The van der Waals surface area contributed by atoms with Gasteiger partial charge in [-0.1, -0.05) is 0 Å². The van der Waals surface area contributed by atoms with Crippen molar-refractivity contribution >= 4 is 17.6 Å². The van der Waals surface area contributed by atoms with Crippen molar-refractivity contribution < 1.29 is 18.7 Å². The number of hydrazine groups is 1. The zero-order valence-electron chi connectivity index (χ0n) is 16.8. The van der Waals surface area contributed by atoms with Crippen molar-refractivity contribution in [1.29, 1.82) is 0 Å². The molecule has 0 bridgehead atoms. The smallest absolute Gasteiger partial charge is 0.340 e. The van der Waals surface area contributed by atoms with Gasteiger partial charge in [0.05, 0.1) is 24.5 Å². The van der Waals surface area contributed by atoms with Crippen LogP contribution in [0.25, 0.3) is 0 Å². The summed E-state index contributed by atoms with van der Waals surface area (Å²) in [5.74, 6) is -1.46. The van der Waals surface area contributed by atoms with Gasteiger partial charge in [-0.05, 0) is 37.5 Å². The number of nitrogens with one attached hydrogen (secondary N) is 2. The summed E-state index contributed by atoms with van der Waals surface area (Å²) < 4.78 is 18.5. The Labute approximate surface area is 164 Å². The first-order valence-corrected chi connectivity index (χ1v) is 9.43. The van der Waals surface area contributed by atoms with Gasteiger partial charge in [-0.2, -0.15) is 0 Å². The Morgan fingerprint density at radius 1 is 1.25 bits per heavy atom. The lowest BCUT2D eigenvalue weighted by atomic mass is 10.0. The molecule has 0 saturated carbocycles. The van der Waals surface area contributed by atoms with Gasteiger partial charge in [0.25, 0.3) is 0 Å². The minimum Gasteiger partial charge on any atom is -0.465 e. The Morgan fingerprint density at radius 3 is 2.64 bits per heavy atom. The van der Waals surface area contributed by atoms with E-state index in [9.17, 15) is 14.0 Å². The quantitative estimate of drug-likeness (QED) is 0.739. The van der Waals surface area contributed by atoms with Crippen molar-refractivity contribution in [2.24, 2.45) is 0 Å². The number of anilines is 1. The number of likely N-dealkylation sites (N-methyl/N-ethyl adjacent to an activating group) is 1. The highest BCUT2D eigenvalue weighted by atomic mass is 19.1. The summed E-state index contributed by atoms with van der Waals surface area (Å²) in [5.41, 5.74) is 0.780. The number of aryl methyl sites for hydroxylation is 1. The van der Waals surface area contributed by atoms with Crippen molar-refractivity contribution in [2.75, 3.05) is 46.3 Å². The Bertz CT molecular complexity index is 753. The van der Waals surface area contributed by atoms with E-state index in [1.54, 1.807) is 6.92 Å². The average Bonchev–Trinajstić information content (AvgIpc) is 3.19. The summed E-state index contributed by atoms with van der Waals surface area (Å²) in [4.78, 5) is 27.4.